The molecule has 0 aromatic carbocycles. The molecule has 3 atom stereocenters. The zero-order valence-corrected chi connectivity index (χ0v) is 12.1. The number of carbonyl (C=O) groups is 1. The van der Waals surface area contributed by atoms with Gasteiger partial charge in [-0.15, -0.1) is 0 Å². The maximum Gasteiger partial charge on any atom is 0.222 e. The Morgan fingerprint density at radius 3 is 2.56 bits per heavy atom. The summed E-state index contributed by atoms with van der Waals surface area (Å²) < 4.78 is 0. The Kier molecular flexibility index (Phi) is 5.17. The first-order valence-corrected chi connectivity index (χ1v) is 6.95. The summed E-state index contributed by atoms with van der Waals surface area (Å²) >= 11 is 0. The van der Waals surface area contributed by atoms with Gasteiger partial charge in [-0.25, -0.2) is 0 Å². The molecule has 0 radical (unpaired) electrons. The van der Waals surface area contributed by atoms with E-state index >= 15 is 0 Å². The van der Waals surface area contributed by atoms with E-state index in [1.54, 1.807) is 0 Å². The van der Waals surface area contributed by atoms with Crippen LogP contribution in [-0.2, 0) is 4.79 Å². The van der Waals surface area contributed by atoms with Gasteiger partial charge in [0.2, 0.25) is 5.91 Å². The molecule has 0 aromatic heterocycles. The lowest BCUT2D eigenvalue weighted by Crippen LogP contribution is -2.50. The Morgan fingerprint density at radius 1 is 1.44 bits per heavy atom. The molecule has 1 aliphatic heterocycles. The van der Waals surface area contributed by atoms with E-state index in [9.17, 15) is 9.90 Å². The van der Waals surface area contributed by atoms with Crippen LogP contribution in [0, 0.1) is 11.3 Å². The van der Waals surface area contributed by atoms with Crippen LogP contribution in [0.1, 0.15) is 47.0 Å². The first kappa shape index (κ1) is 15.4. The van der Waals surface area contributed by atoms with E-state index < -0.39 is 0 Å². The Hall–Kier alpha value is -0.610. The molecule has 0 spiro atoms. The molecule has 1 rings (SSSR count). The van der Waals surface area contributed by atoms with E-state index in [2.05, 4.69) is 0 Å². The molecule has 1 amide bonds. The molecule has 0 saturated carbocycles. The summed E-state index contributed by atoms with van der Waals surface area (Å²) in [7, 11) is 0. The lowest BCUT2D eigenvalue weighted by Gasteiger charge is -2.38. The fraction of sp³-hybridized carbons (Fsp3) is 0.929. The van der Waals surface area contributed by atoms with Crippen LogP contribution in [0.15, 0.2) is 0 Å². The number of nitrogens with two attached hydrogens (primary N) is 1. The minimum atomic E-state index is -0.341. The molecule has 0 aromatic rings. The van der Waals surface area contributed by atoms with Gasteiger partial charge in [0.25, 0.3) is 0 Å². The van der Waals surface area contributed by atoms with Crippen LogP contribution in [0.3, 0.4) is 0 Å². The summed E-state index contributed by atoms with van der Waals surface area (Å²) in [5.74, 6) is 0.485. The van der Waals surface area contributed by atoms with E-state index in [-0.39, 0.29) is 23.5 Å². The van der Waals surface area contributed by atoms with Gasteiger partial charge in [-0.2, -0.15) is 0 Å². The fourth-order valence-electron chi connectivity index (χ4n) is 2.51. The lowest BCUT2D eigenvalue weighted by molar-refractivity contribution is -0.133. The second-order valence-electron chi connectivity index (χ2n) is 6.63. The number of carbonyl (C=O) groups excluding carboxylic acids is 1. The van der Waals surface area contributed by atoms with Gasteiger partial charge in [0.1, 0.15) is 0 Å². The van der Waals surface area contributed by atoms with Crippen molar-refractivity contribution in [2.75, 3.05) is 13.1 Å². The Balaban J connectivity index is 2.58. The van der Waals surface area contributed by atoms with Crippen LogP contribution >= 0.6 is 0 Å². The monoisotopic (exact) mass is 256 g/mol. The molecular formula is C14H28N2O2. The summed E-state index contributed by atoms with van der Waals surface area (Å²) in [4.78, 5) is 13.6. The van der Waals surface area contributed by atoms with Crippen molar-refractivity contribution in [1.29, 1.82) is 0 Å². The number of aliphatic hydroxyl groups is 1. The minimum absolute atomic E-state index is 0.0476. The number of hydrogen-bond acceptors (Lipinski definition) is 3. The summed E-state index contributed by atoms with van der Waals surface area (Å²) in [6.45, 7) is 9.39. The average molecular weight is 256 g/mol. The van der Waals surface area contributed by atoms with Crippen LogP contribution in [0.5, 0.6) is 0 Å². The highest BCUT2D eigenvalue weighted by molar-refractivity contribution is 5.76. The van der Waals surface area contributed by atoms with Crippen LogP contribution in [0.2, 0.25) is 0 Å². The second kappa shape index (κ2) is 6.02. The predicted octanol–water partition coefficient (Wildman–Crippen LogP) is 1.37. The van der Waals surface area contributed by atoms with Gasteiger partial charge in [-0.1, -0.05) is 27.7 Å². The molecule has 4 heteroatoms. The number of likely N-dealkylation sites (tertiary alicyclic amines) is 1. The molecule has 1 heterocycles. The maximum absolute atomic E-state index is 11.7. The SMILES string of the molecule is CCC(=O)N1CC(N)CC(CC(O)C(C)(C)C)C1. The molecule has 4 nitrogen and oxygen atoms in total. The van der Waals surface area contributed by atoms with Gasteiger partial charge in [-0.3, -0.25) is 4.79 Å². The van der Waals surface area contributed by atoms with Crippen LogP contribution < -0.4 is 5.73 Å². The van der Waals surface area contributed by atoms with E-state index in [0.29, 0.717) is 18.9 Å². The highest BCUT2D eigenvalue weighted by atomic mass is 16.3. The summed E-state index contributed by atoms with van der Waals surface area (Å²) in [6.07, 6.45) is 1.82. The largest absolute Gasteiger partial charge is 0.393 e. The average Bonchev–Trinajstić information content (AvgIpc) is 2.25. The lowest BCUT2D eigenvalue weighted by atomic mass is 9.80. The molecule has 1 saturated heterocycles. The maximum atomic E-state index is 11.7. The van der Waals surface area contributed by atoms with Crippen molar-refractivity contribution in [1.82, 2.24) is 4.90 Å². The molecule has 3 N–H and O–H groups in total. The molecule has 0 aliphatic carbocycles. The van der Waals surface area contributed by atoms with Gasteiger partial charge in [0.05, 0.1) is 6.10 Å². The van der Waals surface area contributed by atoms with Crippen molar-refractivity contribution in [2.24, 2.45) is 17.1 Å². The molecule has 1 fully saturated rings. The Bertz CT molecular complexity index is 286. The molecule has 0 bridgehead atoms. The van der Waals surface area contributed by atoms with Gasteiger partial charge in [0.15, 0.2) is 0 Å². The minimum Gasteiger partial charge on any atom is -0.393 e. The van der Waals surface area contributed by atoms with Crippen LogP contribution in [0.25, 0.3) is 0 Å². The number of rotatable bonds is 3. The molecular weight excluding hydrogens is 228 g/mol. The zero-order chi connectivity index (χ0) is 13.9. The first-order valence-electron chi connectivity index (χ1n) is 6.95. The van der Waals surface area contributed by atoms with E-state index in [0.717, 1.165) is 19.4 Å². The third kappa shape index (κ3) is 4.25. The number of amides is 1. The van der Waals surface area contributed by atoms with E-state index in [1.165, 1.54) is 0 Å². The highest BCUT2D eigenvalue weighted by Gasteiger charge is 2.31. The van der Waals surface area contributed by atoms with Crippen molar-refractivity contribution >= 4 is 5.91 Å². The van der Waals surface area contributed by atoms with Gasteiger partial charge in [-0.05, 0) is 24.2 Å². The normalized spacial score (nSPS) is 27.1. The van der Waals surface area contributed by atoms with Crippen molar-refractivity contribution in [2.45, 2.75) is 59.1 Å². The smallest absolute Gasteiger partial charge is 0.222 e. The zero-order valence-electron chi connectivity index (χ0n) is 12.1. The Labute approximate surface area is 111 Å². The predicted molar refractivity (Wildman–Crippen MR) is 73.0 cm³/mol. The molecule has 1 aliphatic rings. The summed E-state index contributed by atoms with van der Waals surface area (Å²) in [6, 6.07) is 0.0476. The topological polar surface area (TPSA) is 66.6 Å². The number of piperidine rings is 1. The van der Waals surface area contributed by atoms with Crippen molar-refractivity contribution in [3.63, 3.8) is 0 Å². The standard InChI is InChI=1S/C14H28N2O2/c1-5-13(18)16-8-10(6-11(15)9-16)7-12(17)14(2,3)4/h10-12,17H,5-9,15H2,1-4H3. The Morgan fingerprint density at radius 2 is 2.06 bits per heavy atom. The quantitative estimate of drug-likeness (QED) is 0.801. The summed E-state index contributed by atoms with van der Waals surface area (Å²) in [5, 5.41) is 10.2. The number of hydrogen-bond donors (Lipinski definition) is 2. The van der Waals surface area contributed by atoms with E-state index in [1.807, 2.05) is 32.6 Å². The van der Waals surface area contributed by atoms with E-state index in [4.69, 9.17) is 5.73 Å². The third-order valence-electron chi connectivity index (χ3n) is 3.78. The van der Waals surface area contributed by atoms with Gasteiger partial charge in [0, 0.05) is 25.6 Å². The number of aliphatic hydroxyl groups excluding tert-OH is 1. The fourth-order valence-corrected chi connectivity index (χ4v) is 2.51. The number of nitrogens with zero attached hydrogens (tertiary/aromatic N) is 1. The van der Waals surface area contributed by atoms with Crippen molar-refractivity contribution in [3.05, 3.63) is 0 Å². The van der Waals surface area contributed by atoms with Crippen LogP contribution in [0.4, 0.5) is 0 Å². The van der Waals surface area contributed by atoms with Gasteiger partial charge < -0.3 is 15.7 Å². The second-order valence-corrected chi connectivity index (χ2v) is 6.63. The van der Waals surface area contributed by atoms with Crippen molar-refractivity contribution in [3.8, 4) is 0 Å². The first-order chi connectivity index (χ1) is 8.24. The van der Waals surface area contributed by atoms with Crippen LogP contribution in [-0.4, -0.2) is 41.1 Å². The molecule has 3 unspecified atom stereocenters. The summed E-state index contributed by atoms with van der Waals surface area (Å²) in [5.41, 5.74) is 5.91. The third-order valence-corrected chi connectivity index (χ3v) is 3.78. The van der Waals surface area contributed by atoms with Crippen molar-refractivity contribution < 1.29 is 9.90 Å². The van der Waals surface area contributed by atoms with Gasteiger partial charge >= 0.3 is 0 Å². The molecule has 106 valence electrons. The molecule has 18 heavy (non-hydrogen) atoms. The highest BCUT2D eigenvalue weighted by Crippen LogP contribution is 2.28.